The van der Waals surface area contributed by atoms with Gasteiger partial charge in [0, 0.05) is 6.54 Å². The normalized spacial score (nSPS) is 22.9. The van der Waals surface area contributed by atoms with Crippen molar-refractivity contribution >= 4 is 22.8 Å². The van der Waals surface area contributed by atoms with Gasteiger partial charge in [-0.1, -0.05) is 19.8 Å². The van der Waals surface area contributed by atoms with E-state index in [1.54, 1.807) is 6.20 Å². The van der Waals surface area contributed by atoms with E-state index in [0.717, 1.165) is 23.7 Å². The van der Waals surface area contributed by atoms with Crippen LogP contribution in [-0.4, -0.2) is 26.7 Å². The average molecular weight is 275 g/mol. The van der Waals surface area contributed by atoms with E-state index in [-0.39, 0.29) is 0 Å². The lowest BCUT2D eigenvalue weighted by atomic mass is 9.82. The van der Waals surface area contributed by atoms with Crippen molar-refractivity contribution in [2.24, 2.45) is 17.7 Å². The molecule has 3 rings (SSSR count). The molecule has 0 spiro atoms. The molecule has 1 fully saturated rings. The van der Waals surface area contributed by atoms with Crippen molar-refractivity contribution in [1.82, 2.24) is 20.2 Å². The molecule has 108 valence electrons. The molecule has 20 heavy (non-hydrogen) atoms. The van der Waals surface area contributed by atoms with Crippen LogP contribution >= 0.6 is 0 Å². The third kappa shape index (κ3) is 2.67. The number of nitrogen functional groups attached to an aromatic ring is 1. The number of hydrogen-bond donors (Lipinski definition) is 4. The van der Waals surface area contributed by atoms with Crippen LogP contribution in [0.5, 0.6) is 0 Å². The maximum absolute atomic E-state index is 5.40. The Morgan fingerprint density at radius 1 is 1.40 bits per heavy atom. The van der Waals surface area contributed by atoms with Gasteiger partial charge in [0.1, 0.15) is 5.82 Å². The van der Waals surface area contributed by atoms with Gasteiger partial charge in [-0.05, 0) is 24.7 Å². The Bertz CT molecular complexity index is 579. The Balaban J connectivity index is 1.74. The van der Waals surface area contributed by atoms with E-state index < -0.39 is 0 Å². The second-order valence-corrected chi connectivity index (χ2v) is 5.69. The first-order valence-corrected chi connectivity index (χ1v) is 7.18. The van der Waals surface area contributed by atoms with Crippen molar-refractivity contribution in [1.29, 1.82) is 0 Å². The van der Waals surface area contributed by atoms with Crippen LogP contribution in [0.1, 0.15) is 32.6 Å². The fourth-order valence-corrected chi connectivity index (χ4v) is 3.02. The number of rotatable bonds is 4. The first kappa shape index (κ1) is 13.1. The first-order valence-electron chi connectivity index (χ1n) is 7.18. The van der Waals surface area contributed by atoms with E-state index in [1.165, 1.54) is 25.7 Å². The van der Waals surface area contributed by atoms with Crippen LogP contribution in [0.3, 0.4) is 0 Å². The fraction of sp³-hybridized carbons (Fsp3) is 0.615. The molecule has 7 nitrogen and oxygen atoms in total. The molecule has 0 bridgehead atoms. The largest absolute Gasteiger partial charge is 0.369 e. The van der Waals surface area contributed by atoms with Crippen molar-refractivity contribution in [2.45, 2.75) is 32.6 Å². The topological polar surface area (TPSA) is 105 Å². The van der Waals surface area contributed by atoms with E-state index in [0.29, 0.717) is 17.5 Å². The molecule has 2 heterocycles. The summed E-state index contributed by atoms with van der Waals surface area (Å²) in [5.41, 5.74) is 3.17. The van der Waals surface area contributed by atoms with E-state index in [9.17, 15) is 0 Å². The Kier molecular flexibility index (Phi) is 3.68. The molecular formula is C13H21N7. The first-order chi connectivity index (χ1) is 9.76. The summed E-state index contributed by atoms with van der Waals surface area (Å²) in [4.78, 5) is 8.59. The number of hydrogen-bond acceptors (Lipinski definition) is 6. The van der Waals surface area contributed by atoms with Crippen LogP contribution in [0.4, 0.5) is 11.8 Å². The Hall–Kier alpha value is -1.89. The maximum Gasteiger partial charge on any atom is 0.241 e. The molecule has 7 heteroatoms. The Labute approximate surface area is 117 Å². The van der Waals surface area contributed by atoms with Crippen molar-refractivity contribution < 1.29 is 0 Å². The van der Waals surface area contributed by atoms with Gasteiger partial charge in [-0.15, -0.1) is 0 Å². The smallest absolute Gasteiger partial charge is 0.241 e. The molecule has 2 unspecified atom stereocenters. The molecule has 1 aliphatic carbocycles. The zero-order chi connectivity index (χ0) is 13.9. The molecule has 0 amide bonds. The lowest BCUT2D eigenvalue weighted by molar-refractivity contribution is 0.293. The zero-order valence-electron chi connectivity index (χ0n) is 11.7. The van der Waals surface area contributed by atoms with Crippen molar-refractivity contribution in [3.05, 3.63) is 6.20 Å². The highest BCUT2D eigenvalue weighted by molar-refractivity contribution is 5.86. The number of anilines is 2. The number of aromatic amines is 1. The standard InChI is InChI=1S/C13H21N7/c1-8-3-2-4-9(5-8)6-15-11-10-7-16-20-12(10)18-13(17-11)19-14/h7-9H,2-6,14H2,1H3,(H3,15,16,17,18,19,20). The highest BCUT2D eigenvalue weighted by Gasteiger charge is 2.19. The fourth-order valence-electron chi connectivity index (χ4n) is 3.02. The zero-order valence-corrected chi connectivity index (χ0v) is 11.7. The highest BCUT2D eigenvalue weighted by Crippen LogP contribution is 2.29. The van der Waals surface area contributed by atoms with E-state index >= 15 is 0 Å². The lowest BCUT2D eigenvalue weighted by Gasteiger charge is -2.27. The number of H-pyrrole nitrogens is 1. The van der Waals surface area contributed by atoms with Crippen LogP contribution in [-0.2, 0) is 0 Å². The van der Waals surface area contributed by atoms with Gasteiger partial charge in [-0.2, -0.15) is 15.1 Å². The summed E-state index contributed by atoms with van der Waals surface area (Å²) in [6.45, 7) is 3.27. The number of hydrazine groups is 1. The second kappa shape index (κ2) is 5.62. The lowest BCUT2D eigenvalue weighted by Crippen LogP contribution is -2.22. The van der Waals surface area contributed by atoms with Gasteiger partial charge in [0.15, 0.2) is 5.65 Å². The molecule has 0 saturated heterocycles. The van der Waals surface area contributed by atoms with E-state index in [4.69, 9.17) is 5.84 Å². The molecule has 1 aliphatic rings. The SMILES string of the molecule is CC1CCCC(CNc2nc(NN)nc3[nH]ncc23)C1. The van der Waals surface area contributed by atoms with Gasteiger partial charge in [-0.25, -0.2) is 5.84 Å². The summed E-state index contributed by atoms with van der Waals surface area (Å²) in [6, 6.07) is 0. The van der Waals surface area contributed by atoms with Crippen LogP contribution in [0.25, 0.3) is 11.0 Å². The van der Waals surface area contributed by atoms with Gasteiger partial charge in [-0.3, -0.25) is 10.5 Å². The van der Waals surface area contributed by atoms with Crippen LogP contribution < -0.4 is 16.6 Å². The number of nitrogens with one attached hydrogen (secondary N) is 3. The predicted octanol–water partition coefficient (Wildman–Crippen LogP) is 1.88. The third-order valence-electron chi connectivity index (χ3n) is 4.04. The number of nitrogens with zero attached hydrogens (tertiary/aromatic N) is 3. The van der Waals surface area contributed by atoms with E-state index in [2.05, 4.69) is 37.8 Å². The number of nitrogens with two attached hydrogens (primary N) is 1. The molecule has 1 saturated carbocycles. The minimum atomic E-state index is 0.390. The van der Waals surface area contributed by atoms with Gasteiger partial charge in [0.25, 0.3) is 0 Å². The predicted molar refractivity (Wildman–Crippen MR) is 79.1 cm³/mol. The van der Waals surface area contributed by atoms with Crippen molar-refractivity contribution in [3.8, 4) is 0 Å². The van der Waals surface area contributed by atoms with Crippen LogP contribution in [0, 0.1) is 11.8 Å². The molecule has 0 radical (unpaired) electrons. The molecule has 2 aromatic rings. The summed E-state index contributed by atoms with van der Waals surface area (Å²) in [6.07, 6.45) is 7.00. The van der Waals surface area contributed by atoms with Gasteiger partial charge >= 0.3 is 0 Å². The summed E-state index contributed by atoms with van der Waals surface area (Å²) < 4.78 is 0. The third-order valence-corrected chi connectivity index (χ3v) is 4.04. The monoisotopic (exact) mass is 275 g/mol. The van der Waals surface area contributed by atoms with Gasteiger partial charge < -0.3 is 5.32 Å². The molecule has 0 aliphatic heterocycles. The van der Waals surface area contributed by atoms with Crippen LogP contribution in [0.2, 0.25) is 0 Å². The number of fused-ring (bicyclic) bond motifs is 1. The average Bonchev–Trinajstić information content (AvgIpc) is 2.93. The quantitative estimate of drug-likeness (QED) is 0.501. The van der Waals surface area contributed by atoms with E-state index in [1.807, 2.05) is 0 Å². The van der Waals surface area contributed by atoms with Crippen LogP contribution in [0.15, 0.2) is 6.20 Å². The minimum Gasteiger partial charge on any atom is -0.369 e. The number of aromatic nitrogens is 4. The summed E-state index contributed by atoms with van der Waals surface area (Å²) >= 11 is 0. The minimum absolute atomic E-state index is 0.390. The Morgan fingerprint density at radius 2 is 2.30 bits per heavy atom. The van der Waals surface area contributed by atoms with Gasteiger partial charge in [0.05, 0.1) is 11.6 Å². The highest BCUT2D eigenvalue weighted by atomic mass is 15.3. The molecule has 2 aromatic heterocycles. The molecular weight excluding hydrogens is 254 g/mol. The molecule has 2 atom stereocenters. The van der Waals surface area contributed by atoms with Crippen molar-refractivity contribution in [3.63, 3.8) is 0 Å². The summed E-state index contributed by atoms with van der Waals surface area (Å²) in [5, 5.41) is 11.2. The van der Waals surface area contributed by atoms with Gasteiger partial charge in [0.2, 0.25) is 5.95 Å². The Morgan fingerprint density at radius 3 is 3.10 bits per heavy atom. The van der Waals surface area contributed by atoms with Crippen molar-refractivity contribution in [2.75, 3.05) is 17.3 Å². The molecule has 5 N–H and O–H groups in total. The second-order valence-electron chi connectivity index (χ2n) is 5.69. The summed E-state index contributed by atoms with van der Waals surface area (Å²) in [5.74, 6) is 8.12. The maximum atomic E-state index is 5.40. The molecule has 0 aromatic carbocycles. The summed E-state index contributed by atoms with van der Waals surface area (Å²) in [7, 11) is 0.